The molecule has 10 heteroatoms. The second-order valence-electron chi connectivity index (χ2n) is 5.59. The maximum Gasteiger partial charge on any atom is 0.188 e. The van der Waals surface area contributed by atoms with Gasteiger partial charge in [-0.25, -0.2) is 19.9 Å². The molecule has 7 nitrogen and oxygen atoms in total. The van der Waals surface area contributed by atoms with E-state index in [2.05, 4.69) is 32.6 Å². The SMILES string of the molecule is CC[S+]([O-])CCn1c(-c2nc3ccccc3s2)nc2c(N)nc(S)nc21. The summed E-state index contributed by atoms with van der Waals surface area (Å²) in [6.45, 7) is 2.41. The minimum atomic E-state index is -0.904. The van der Waals surface area contributed by atoms with Gasteiger partial charge in [0.25, 0.3) is 0 Å². The van der Waals surface area contributed by atoms with Crippen molar-refractivity contribution in [1.29, 1.82) is 0 Å². The zero-order valence-corrected chi connectivity index (χ0v) is 16.4. The predicted octanol–water partition coefficient (Wildman–Crippen LogP) is 2.74. The van der Waals surface area contributed by atoms with Gasteiger partial charge >= 0.3 is 0 Å². The van der Waals surface area contributed by atoms with Crippen molar-refractivity contribution in [3.05, 3.63) is 24.3 Å². The van der Waals surface area contributed by atoms with Crippen LogP contribution in [-0.2, 0) is 17.7 Å². The normalized spacial score (nSPS) is 12.9. The second kappa shape index (κ2) is 7.03. The van der Waals surface area contributed by atoms with Crippen molar-refractivity contribution in [3.8, 4) is 10.8 Å². The molecule has 4 aromatic rings. The number of hydrogen-bond donors (Lipinski definition) is 2. The highest BCUT2D eigenvalue weighted by Gasteiger charge is 2.21. The summed E-state index contributed by atoms with van der Waals surface area (Å²) in [5, 5.41) is 1.05. The van der Waals surface area contributed by atoms with E-state index < -0.39 is 11.2 Å². The maximum atomic E-state index is 12.0. The third kappa shape index (κ3) is 3.13. The fourth-order valence-electron chi connectivity index (χ4n) is 2.69. The Bertz CT molecular complexity index is 1060. The van der Waals surface area contributed by atoms with E-state index in [0.29, 0.717) is 35.0 Å². The summed E-state index contributed by atoms with van der Waals surface area (Å²) in [4.78, 5) is 17.8. The number of hydrogen-bond acceptors (Lipinski definition) is 8. The van der Waals surface area contributed by atoms with Gasteiger partial charge in [0.2, 0.25) is 0 Å². The molecule has 0 aliphatic heterocycles. The van der Waals surface area contributed by atoms with E-state index in [1.54, 1.807) is 11.3 Å². The van der Waals surface area contributed by atoms with Crippen molar-refractivity contribution in [2.75, 3.05) is 17.2 Å². The number of aromatic nitrogens is 5. The number of anilines is 1. The fraction of sp³-hybridized carbons (Fsp3) is 0.250. The van der Waals surface area contributed by atoms with Crippen LogP contribution in [-0.4, -0.2) is 40.6 Å². The van der Waals surface area contributed by atoms with Gasteiger partial charge in [-0.3, -0.25) is 0 Å². The van der Waals surface area contributed by atoms with E-state index in [0.717, 1.165) is 15.2 Å². The molecule has 3 heterocycles. The first-order valence-electron chi connectivity index (χ1n) is 8.00. The molecule has 3 aromatic heterocycles. The third-order valence-electron chi connectivity index (χ3n) is 3.96. The number of nitrogens with zero attached hydrogens (tertiary/aromatic N) is 5. The number of nitrogen functional groups attached to an aromatic ring is 1. The molecular weight excluding hydrogens is 388 g/mol. The Hall–Kier alpha value is -1.88. The van der Waals surface area contributed by atoms with Gasteiger partial charge < -0.3 is 14.9 Å². The number of para-hydroxylation sites is 1. The average molecular weight is 405 g/mol. The highest BCUT2D eigenvalue weighted by atomic mass is 32.2. The molecule has 0 amide bonds. The molecule has 0 saturated carbocycles. The van der Waals surface area contributed by atoms with Crippen LogP contribution in [0.15, 0.2) is 29.4 Å². The molecule has 0 radical (unpaired) electrons. The highest BCUT2D eigenvalue weighted by molar-refractivity contribution is 7.91. The van der Waals surface area contributed by atoms with Crippen molar-refractivity contribution in [2.45, 2.75) is 18.6 Å². The average Bonchev–Trinajstić information content (AvgIpc) is 3.20. The highest BCUT2D eigenvalue weighted by Crippen LogP contribution is 2.32. The first-order valence-corrected chi connectivity index (χ1v) is 10.8. The number of aryl methyl sites for hydroxylation is 1. The van der Waals surface area contributed by atoms with Crippen LogP contribution in [0.2, 0.25) is 0 Å². The van der Waals surface area contributed by atoms with Gasteiger partial charge in [-0.1, -0.05) is 23.3 Å². The van der Waals surface area contributed by atoms with Gasteiger partial charge in [0.05, 0.1) is 16.8 Å². The Morgan fingerprint density at radius 3 is 2.81 bits per heavy atom. The van der Waals surface area contributed by atoms with Crippen LogP contribution < -0.4 is 5.73 Å². The lowest BCUT2D eigenvalue weighted by Crippen LogP contribution is -2.15. The summed E-state index contributed by atoms with van der Waals surface area (Å²) >= 11 is 4.87. The molecule has 134 valence electrons. The third-order valence-corrected chi connectivity index (χ3v) is 6.47. The number of fused-ring (bicyclic) bond motifs is 2. The van der Waals surface area contributed by atoms with Gasteiger partial charge in [0.15, 0.2) is 33.0 Å². The molecule has 1 atom stereocenters. The van der Waals surface area contributed by atoms with Crippen LogP contribution in [0.5, 0.6) is 0 Å². The molecule has 1 unspecified atom stereocenters. The van der Waals surface area contributed by atoms with E-state index in [9.17, 15) is 4.55 Å². The van der Waals surface area contributed by atoms with Crippen LogP contribution in [0.4, 0.5) is 5.82 Å². The molecule has 2 N–H and O–H groups in total. The van der Waals surface area contributed by atoms with Gasteiger partial charge in [0, 0.05) is 0 Å². The number of nitrogens with two attached hydrogens (primary N) is 1. The summed E-state index contributed by atoms with van der Waals surface area (Å²) in [5.41, 5.74) is 8.04. The molecule has 4 rings (SSSR count). The molecule has 0 fully saturated rings. The minimum absolute atomic E-state index is 0.276. The summed E-state index contributed by atoms with van der Waals surface area (Å²) < 4.78 is 14.9. The quantitative estimate of drug-likeness (QED) is 0.301. The monoisotopic (exact) mass is 404 g/mol. The van der Waals surface area contributed by atoms with Gasteiger partial charge in [0.1, 0.15) is 11.5 Å². The predicted molar refractivity (Wildman–Crippen MR) is 109 cm³/mol. The molecular formula is C16H16N6OS3. The molecule has 0 aliphatic rings. The second-order valence-corrected chi connectivity index (χ2v) is 8.88. The molecule has 1 aromatic carbocycles. The molecule has 0 saturated heterocycles. The van der Waals surface area contributed by atoms with Crippen molar-refractivity contribution < 1.29 is 4.55 Å². The Labute approximate surface area is 162 Å². The first kappa shape index (κ1) is 17.5. The fourth-order valence-corrected chi connectivity index (χ4v) is 4.53. The zero-order chi connectivity index (χ0) is 18.3. The van der Waals surface area contributed by atoms with E-state index in [-0.39, 0.29) is 11.0 Å². The molecule has 0 aliphatic carbocycles. The number of thiazole rings is 1. The van der Waals surface area contributed by atoms with Gasteiger partial charge in [-0.2, -0.15) is 0 Å². The summed E-state index contributed by atoms with van der Waals surface area (Å²) in [6, 6.07) is 7.92. The van der Waals surface area contributed by atoms with Crippen molar-refractivity contribution in [3.63, 3.8) is 0 Å². The van der Waals surface area contributed by atoms with Crippen LogP contribution in [0, 0.1) is 0 Å². The Morgan fingerprint density at radius 2 is 2.04 bits per heavy atom. The molecule has 0 spiro atoms. The number of benzene rings is 1. The Kier molecular flexibility index (Phi) is 4.74. The van der Waals surface area contributed by atoms with Crippen LogP contribution in [0.3, 0.4) is 0 Å². The van der Waals surface area contributed by atoms with E-state index in [1.807, 2.05) is 35.8 Å². The topological polar surface area (TPSA) is 106 Å². The van der Waals surface area contributed by atoms with Crippen LogP contribution in [0.1, 0.15) is 6.92 Å². The van der Waals surface area contributed by atoms with E-state index in [1.165, 1.54) is 0 Å². The first-order chi connectivity index (χ1) is 12.6. The van der Waals surface area contributed by atoms with Gasteiger partial charge in [-0.15, -0.1) is 24.0 Å². The zero-order valence-electron chi connectivity index (χ0n) is 13.9. The van der Waals surface area contributed by atoms with Crippen molar-refractivity contribution in [2.24, 2.45) is 0 Å². The minimum Gasteiger partial charge on any atom is -0.616 e. The lowest BCUT2D eigenvalue weighted by molar-refractivity contribution is 0.590. The number of rotatable bonds is 5. The van der Waals surface area contributed by atoms with Crippen molar-refractivity contribution in [1.82, 2.24) is 24.5 Å². The molecule has 0 bridgehead atoms. The van der Waals surface area contributed by atoms with Crippen molar-refractivity contribution >= 4 is 62.3 Å². The Morgan fingerprint density at radius 1 is 1.23 bits per heavy atom. The summed E-state index contributed by atoms with van der Waals surface area (Å²) in [7, 11) is 0. The number of thiol groups is 1. The smallest absolute Gasteiger partial charge is 0.188 e. The van der Waals surface area contributed by atoms with Crippen LogP contribution in [0.25, 0.3) is 32.2 Å². The van der Waals surface area contributed by atoms with Gasteiger partial charge in [-0.05, 0) is 19.1 Å². The Balaban J connectivity index is 1.90. The number of imidazole rings is 1. The lowest BCUT2D eigenvalue weighted by Gasteiger charge is -2.10. The van der Waals surface area contributed by atoms with E-state index in [4.69, 9.17) is 5.73 Å². The molecule has 26 heavy (non-hydrogen) atoms. The van der Waals surface area contributed by atoms with Crippen LogP contribution >= 0.6 is 24.0 Å². The lowest BCUT2D eigenvalue weighted by atomic mass is 10.3. The van der Waals surface area contributed by atoms with E-state index >= 15 is 0 Å². The maximum absolute atomic E-state index is 12.0. The standard InChI is InChI=1S/C16H16N6OS3/c1-2-26(23)8-7-22-13-11(12(17)20-16(24)21-13)19-14(22)15-18-9-5-3-4-6-10(9)25-15/h3-6H,2,7-8H2,1H3,(H3,17,20,21,24). The summed E-state index contributed by atoms with van der Waals surface area (Å²) in [5.74, 6) is 2.05. The largest absolute Gasteiger partial charge is 0.616 e. The summed E-state index contributed by atoms with van der Waals surface area (Å²) in [6.07, 6.45) is 0.